The van der Waals surface area contributed by atoms with Crippen LogP contribution in [0.25, 0.3) is 0 Å². The van der Waals surface area contributed by atoms with E-state index in [1.165, 1.54) is 26.2 Å². The highest BCUT2D eigenvalue weighted by Crippen LogP contribution is 2.28. The second-order valence-electron chi connectivity index (χ2n) is 3.60. The molecule has 0 N–H and O–H groups in total. The topological polar surface area (TPSA) is 26.3 Å². The van der Waals surface area contributed by atoms with Crippen LogP contribution in [0.4, 0.5) is 0 Å². The second-order valence-corrected chi connectivity index (χ2v) is 3.60. The molecule has 70 valence electrons. The molecular formula is C10H18O2. The third-order valence-corrected chi connectivity index (χ3v) is 2.68. The molecule has 0 aromatic rings. The van der Waals surface area contributed by atoms with Gasteiger partial charge in [0, 0.05) is 6.92 Å². The fraction of sp³-hybridized carbons (Fsp3) is 0.900. The first-order chi connectivity index (χ1) is 5.74. The first-order valence-electron chi connectivity index (χ1n) is 4.91. The van der Waals surface area contributed by atoms with E-state index in [1.54, 1.807) is 0 Å². The number of carbonyl (C=O) groups is 1. The normalized spacial score (nSPS) is 29.8. The van der Waals surface area contributed by atoms with Crippen molar-refractivity contribution in [2.45, 2.75) is 52.1 Å². The summed E-state index contributed by atoms with van der Waals surface area (Å²) in [6.07, 6.45) is 6.16. The van der Waals surface area contributed by atoms with E-state index < -0.39 is 0 Å². The minimum Gasteiger partial charge on any atom is -0.462 e. The maximum absolute atomic E-state index is 10.8. The van der Waals surface area contributed by atoms with Gasteiger partial charge < -0.3 is 4.74 Å². The molecule has 0 radical (unpaired) electrons. The van der Waals surface area contributed by atoms with Gasteiger partial charge >= 0.3 is 5.97 Å². The fourth-order valence-corrected chi connectivity index (χ4v) is 2.01. The summed E-state index contributed by atoms with van der Waals surface area (Å²) in [5.41, 5.74) is 0. The highest BCUT2D eigenvalue weighted by molar-refractivity contribution is 5.66. The van der Waals surface area contributed by atoms with Crippen molar-refractivity contribution in [2.24, 2.45) is 5.92 Å². The average Bonchev–Trinajstić information content (AvgIpc) is 2.04. The molecule has 0 heterocycles. The number of hydrogen-bond donors (Lipinski definition) is 0. The van der Waals surface area contributed by atoms with E-state index in [-0.39, 0.29) is 12.1 Å². The van der Waals surface area contributed by atoms with E-state index in [2.05, 4.69) is 6.92 Å². The van der Waals surface area contributed by atoms with Gasteiger partial charge in [-0.2, -0.15) is 0 Å². The molecule has 1 saturated carbocycles. The summed E-state index contributed by atoms with van der Waals surface area (Å²) in [7, 11) is 0. The molecule has 12 heavy (non-hydrogen) atoms. The minimum atomic E-state index is -0.125. The van der Waals surface area contributed by atoms with Crippen molar-refractivity contribution in [3.05, 3.63) is 0 Å². The molecule has 0 spiro atoms. The van der Waals surface area contributed by atoms with Crippen LogP contribution in [-0.2, 0) is 9.53 Å². The van der Waals surface area contributed by atoms with Crippen LogP contribution < -0.4 is 0 Å². The van der Waals surface area contributed by atoms with E-state index in [1.807, 2.05) is 0 Å². The summed E-state index contributed by atoms with van der Waals surface area (Å²) in [5, 5.41) is 0. The van der Waals surface area contributed by atoms with Crippen molar-refractivity contribution in [3.63, 3.8) is 0 Å². The summed E-state index contributed by atoms with van der Waals surface area (Å²) < 4.78 is 5.26. The number of ether oxygens (including phenoxy) is 1. The molecule has 0 aromatic heterocycles. The lowest BCUT2D eigenvalue weighted by Crippen LogP contribution is -2.28. The molecule has 2 nitrogen and oxygen atoms in total. The largest absolute Gasteiger partial charge is 0.462 e. The van der Waals surface area contributed by atoms with Gasteiger partial charge in [0.15, 0.2) is 0 Å². The van der Waals surface area contributed by atoms with Gasteiger partial charge in [-0.05, 0) is 31.6 Å². The van der Waals surface area contributed by atoms with Crippen molar-refractivity contribution in [2.75, 3.05) is 0 Å². The molecule has 2 atom stereocenters. The molecule has 1 fully saturated rings. The Balaban J connectivity index is 2.41. The standard InChI is InChI=1S/C10H18O2/c1-3-9-6-4-5-7-10(9)12-8(2)11/h9-10H,3-7H2,1-2H3/t9-,10+/m1/s1. The van der Waals surface area contributed by atoms with Crippen LogP contribution >= 0.6 is 0 Å². The molecule has 0 aliphatic heterocycles. The SMILES string of the molecule is CC[C@@H]1CCCC[C@@H]1OC(C)=O. The Bertz CT molecular complexity index is 154. The van der Waals surface area contributed by atoms with Crippen LogP contribution in [0.15, 0.2) is 0 Å². The molecule has 2 heteroatoms. The zero-order chi connectivity index (χ0) is 8.97. The van der Waals surface area contributed by atoms with Gasteiger partial charge in [0.1, 0.15) is 6.10 Å². The van der Waals surface area contributed by atoms with Gasteiger partial charge in [-0.15, -0.1) is 0 Å². The second kappa shape index (κ2) is 4.48. The molecule has 1 rings (SSSR count). The third-order valence-electron chi connectivity index (χ3n) is 2.68. The van der Waals surface area contributed by atoms with Crippen molar-refractivity contribution in [1.29, 1.82) is 0 Å². The van der Waals surface area contributed by atoms with Gasteiger partial charge in [-0.3, -0.25) is 4.79 Å². The summed E-state index contributed by atoms with van der Waals surface area (Å²) >= 11 is 0. The predicted molar refractivity (Wildman–Crippen MR) is 47.8 cm³/mol. The van der Waals surface area contributed by atoms with Gasteiger partial charge in [-0.25, -0.2) is 0 Å². The van der Waals surface area contributed by atoms with Crippen molar-refractivity contribution >= 4 is 5.97 Å². The van der Waals surface area contributed by atoms with Crippen LogP contribution in [0.1, 0.15) is 46.0 Å². The highest BCUT2D eigenvalue weighted by atomic mass is 16.5. The Hall–Kier alpha value is -0.530. The highest BCUT2D eigenvalue weighted by Gasteiger charge is 2.25. The molecule has 0 amide bonds. The molecule has 0 unspecified atom stereocenters. The maximum Gasteiger partial charge on any atom is 0.302 e. The van der Waals surface area contributed by atoms with E-state index >= 15 is 0 Å². The Labute approximate surface area is 74.3 Å². The van der Waals surface area contributed by atoms with Crippen LogP contribution in [0.5, 0.6) is 0 Å². The fourth-order valence-electron chi connectivity index (χ4n) is 2.01. The van der Waals surface area contributed by atoms with Gasteiger partial charge in [-0.1, -0.05) is 13.3 Å². The number of hydrogen-bond acceptors (Lipinski definition) is 2. The quantitative estimate of drug-likeness (QED) is 0.595. The van der Waals surface area contributed by atoms with Crippen molar-refractivity contribution < 1.29 is 9.53 Å². The lowest BCUT2D eigenvalue weighted by Gasteiger charge is -2.29. The van der Waals surface area contributed by atoms with Gasteiger partial charge in [0.25, 0.3) is 0 Å². The Morgan fingerprint density at radius 2 is 2.08 bits per heavy atom. The van der Waals surface area contributed by atoms with Crippen LogP contribution in [0.3, 0.4) is 0 Å². The van der Waals surface area contributed by atoms with Crippen LogP contribution in [0, 0.1) is 5.92 Å². The summed E-state index contributed by atoms with van der Waals surface area (Å²) in [5.74, 6) is 0.489. The molecule has 0 aromatic carbocycles. The molecule has 0 saturated heterocycles. The Kier molecular flexibility index (Phi) is 3.57. The Morgan fingerprint density at radius 3 is 2.67 bits per heavy atom. The summed E-state index contributed by atoms with van der Waals surface area (Å²) in [6.45, 7) is 3.67. The zero-order valence-corrected chi connectivity index (χ0v) is 8.01. The van der Waals surface area contributed by atoms with E-state index in [0.717, 1.165) is 12.8 Å². The number of rotatable bonds is 2. The lowest BCUT2D eigenvalue weighted by atomic mass is 9.85. The van der Waals surface area contributed by atoms with Crippen molar-refractivity contribution in [3.8, 4) is 0 Å². The molecule has 0 bridgehead atoms. The monoisotopic (exact) mass is 170 g/mol. The minimum absolute atomic E-state index is 0.125. The predicted octanol–water partition coefficient (Wildman–Crippen LogP) is 2.52. The summed E-state index contributed by atoms with van der Waals surface area (Å²) in [4.78, 5) is 10.8. The van der Waals surface area contributed by atoms with Gasteiger partial charge in [0.2, 0.25) is 0 Å². The third kappa shape index (κ3) is 2.50. The number of esters is 1. The van der Waals surface area contributed by atoms with Crippen molar-refractivity contribution in [1.82, 2.24) is 0 Å². The van der Waals surface area contributed by atoms with Gasteiger partial charge in [0.05, 0.1) is 0 Å². The first kappa shape index (κ1) is 9.56. The summed E-state index contributed by atoms with van der Waals surface area (Å²) in [6, 6.07) is 0. The first-order valence-corrected chi connectivity index (χ1v) is 4.91. The van der Waals surface area contributed by atoms with E-state index in [9.17, 15) is 4.79 Å². The molecule has 1 aliphatic rings. The van der Waals surface area contributed by atoms with Crippen LogP contribution in [0.2, 0.25) is 0 Å². The average molecular weight is 170 g/mol. The zero-order valence-electron chi connectivity index (χ0n) is 8.01. The molecule has 1 aliphatic carbocycles. The smallest absolute Gasteiger partial charge is 0.302 e. The number of carbonyl (C=O) groups excluding carboxylic acids is 1. The van der Waals surface area contributed by atoms with Crippen LogP contribution in [-0.4, -0.2) is 12.1 Å². The lowest BCUT2D eigenvalue weighted by molar-refractivity contribution is -0.150. The molecular weight excluding hydrogens is 152 g/mol. The maximum atomic E-state index is 10.8. The Morgan fingerprint density at radius 1 is 1.42 bits per heavy atom. The van der Waals surface area contributed by atoms with E-state index in [4.69, 9.17) is 4.74 Å². The van der Waals surface area contributed by atoms with E-state index in [0.29, 0.717) is 5.92 Å².